The SMILES string of the molecule is COCCC[C@]1(N)CCCC[C@H]1C(C)=O. The Balaban J connectivity index is 2.55. The highest BCUT2D eigenvalue weighted by Crippen LogP contribution is 2.35. The van der Waals surface area contributed by atoms with Gasteiger partial charge in [0.25, 0.3) is 0 Å². The Morgan fingerprint density at radius 3 is 2.87 bits per heavy atom. The molecule has 0 aromatic carbocycles. The van der Waals surface area contributed by atoms with Crippen LogP contribution < -0.4 is 5.73 Å². The van der Waals surface area contributed by atoms with Gasteiger partial charge in [0.1, 0.15) is 5.78 Å². The fraction of sp³-hybridized carbons (Fsp3) is 0.917. The van der Waals surface area contributed by atoms with E-state index in [0.717, 1.165) is 45.1 Å². The van der Waals surface area contributed by atoms with Crippen molar-refractivity contribution in [1.82, 2.24) is 0 Å². The van der Waals surface area contributed by atoms with Crippen molar-refractivity contribution in [3.8, 4) is 0 Å². The van der Waals surface area contributed by atoms with Crippen LogP contribution in [0.4, 0.5) is 0 Å². The Bertz CT molecular complexity index is 218. The molecule has 0 spiro atoms. The molecule has 0 heterocycles. The largest absolute Gasteiger partial charge is 0.385 e. The van der Waals surface area contributed by atoms with E-state index < -0.39 is 0 Å². The number of methoxy groups -OCH3 is 1. The molecule has 1 aliphatic carbocycles. The highest BCUT2D eigenvalue weighted by molar-refractivity contribution is 5.79. The highest BCUT2D eigenvalue weighted by atomic mass is 16.5. The molecule has 88 valence electrons. The summed E-state index contributed by atoms with van der Waals surface area (Å²) in [5.41, 5.74) is 6.11. The van der Waals surface area contributed by atoms with Gasteiger partial charge in [0, 0.05) is 25.2 Å². The number of nitrogens with two attached hydrogens (primary N) is 1. The second-order valence-corrected chi connectivity index (χ2v) is 4.74. The first kappa shape index (κ1) is 12.7. The van der Waals surface area contributed by atoms with Crippen molar-refractivity contribution in [2.24, 2.45) is 11.7 Å². The Kier molecular flexibility index (Phi) is 4.74. The third-order valence-electron chi connectivity index (χ3n) is 3.56. The molecular weight excluding hydrogens is 190 g/mol. The van der Waals surface area contributed by atoms with E-state index in [1.54, 1.807) is 14.0 Å². The van der Waals surface area contributed by atoms with Crippen LogP contribution in [0.3, 0.4) is 0 Å². The summed E-state index contributed by atoms with van der Waals surface area (Å²) >= 11 is 0. The van der Waals surface area contributed by atoms with Crippen molar-refractivity contribution >= 4 is 5.78 Å². The average Bonchev–Trinajstić information content (AvgIpc) is 2.18. The summed E-state index contributed by atoms with van der Waals surface area (Å²) in [6.07, 6.45) is 6.13. The number of hydrogen-bond acceptors (Lipinski definition) is 3. The van der Waals surface area contributed by atoms with Gasteiger partial charge >= 0.3 is 0 Å². The Hall–Kier alpha value is -0.410. The van der Waals surface area contributed by atoms with Crippen molar-refractivity contribution in [2.45, 2.75) is 51.0 Å². The summed E-state index contributed by atoms with van der Waals surface area (Å²) in [6, 6.07) is 0. The number of Topliss-reactive ketones (excluding diaryl/α,β-unsaturated/α-hetero) is 1. The third-order valence-corrected chi connectivity index (χ3v) is 3.56. The molecule has 3 heteroatoms. The molecule has 0 aromatic heterocycles. The molecule has 1 fully saturated rings. The molecule has 0 unspecified atom stereocenters. The van der Waals surface area contributed by atoms with Crippen LogP contribution >= 0.6 is 0 Å². The summed E-state index contributed by atoms with van der Waals surface area (Å²) in [5, 5.41) is 0. The summed E-state index contributed by atoms with van der Waals surface area (Å²) in [5.74, 6) is 0.331. The first-order valence-electron chi connectivity index (χ1n) is 5.88. The molecule has 15 heavy (non-hydrogen) atoms. The van der Waals surface area contributed by atoms with E-state index in [-0.39, 0.29) is 17.2 Å². The van der Waals surface area contributed by atoms with E-state index in [9.17, 15) is 4.79 Å². The van der Waals surface area contributed by atoms with Gasteiger partial charge in [0.2, 0.25) is 0 Å². The lowest BCUT2D eigenvalue weighted by Crippen LogP contribution is -2.51. The minimum Gasteiger partial charge on any atom is -0.385 e. The summed E-state index contributed by atoms with van der Waals surface area (Å²) in [6.45, 7) is 2.41. The van der Waals surface area contributed by atoms with Crippen LogP contribution in [0, 0.1) is 5.92 Å². The van der Waals surface area contributed by atoms with Gasteiger partial charge in [0.15, 0.2) is 0 Å². The van der Waals surface area contributed by atoms with Gasteiger partial charge in [-0.3, -0.25) is 4.79 Å². The van der Waals surface area contributed by atoms with Crippen LogP contribution in [0.25, 0.3) is 0 Å². The van der Waals surface area contributed by atoms with E-state index >= 15 is 0 Å². The quantitative estimate of drug-likeness (QED) is 0.709. The fourth-order valence-electron chi connectivity index (χ4n) is 2.72. The third kappa shape index (κ3) is 3.28. The van der Waals surface area contributed by atoms with Crippen LogP contribution in [0.2, 0.25) is 0 Å². The number of rotatable bonds is 5. The maximum Gasteiger partial charge on any atom is 0.134 e. The maximum absolute atomic E-state index is 11.5. The van der Waals surface area contributed by atoms with E-state index in [1.165, 1.54) is 0 Å². The molecule has 3 nitrogen and oxygen atoms in total. The van der Waals surface area contributed by atoms with Gasteiger partial charge in [-0.1, -0.05) is 12.8 Å². The fourth-order valence-corrected chi connectivity index (χ4v) is 2.72. The Morgan fingerprint density at radius 1 is 1.53 bits per heavy atom. The van der Waals surface area contributed by atoms with Crippen molar-refractivity contribution in [3.63, 3.8) is 0 Å². The lowest BCUT2D eigenvalue weighted by molar-refractivity contribution is -0.124. The maximum atomic E-state index is 11.5. The minimum absolute atomic E-state index is 0.0723. The van der Waals surface area contributed by atoms with E-state index in [0.29, 0.717) is 0 Å². The molecule has 2 N–H and O–H groups in total. The molecule has 0 bridgehead atoms. The van der Waals surface area contributed by atoms with Gasteiger partial charge in [-0.15, -0.1) is 0 Å². The molecule has 1 saturated carbocycles. The van der Waals surface area contributed by atoms with Crippen LogP contribution in [0.15, 0.2) is 0 Å². The zero-order valence-electron chi connectivity index (χ0n) is 9.92. The number of carbonyl (C=O) groups excluding carboxylic acids is 1. The molecular formula is C12H23NO2. The summed E-state index contributed by atoms with van der Waals surface area (Å²) in [7, 11) is 1.70. The summed E-state index contributed by atoms with van der Waals surface area (Å²) < 4.78 is 5.03. The van der Waals surface area contributed by atoms with E-state index in [1.807, 2.05) is 0 Å². The standard InChI is InChI=1S/C12H23NO2/c1-10(14)11-6-3-4-7-12(11,13)8-5-9-15-2/h11H,3-9,13H2,1-2H3/t11-,12+/m0/s1. The molecule has 0 radical (unpaired) electrons. The topological polar surface area (TPSA) is 52.3 Å². The normalized spacial score (nSPS) is 31.5. The molecule has 0 aliphatic heterocycles. The number of carbonyl (C=O) groups is 1. The Labute approximate surface area is 92.4 Å². The van der Waals surface area contributed by atoms with Gasteiger partial charge in [-0.2, -0.15) is 0 Å². The van der Waals surface area contributed by atoms with Crippen LogP contribution in [0.1, 0.15) is 45.4 Å². The number of hydrogen-bond donors (Lipinski definition) is 1. The zero-order valence-corrected chi connectivity index (χ0v) is 9.92. The zero-order chi connectivity index (χ0) is 11.3. The van der Waals surface area contributed by atoms with Gasteiger partial charge in [0.05, 0.1) is 0 Å². The van der Waals surface area contributed by atoms with Gasteiger partial charge in [-0.05, 0) is 32.6 Å². The molecule has 0 saturated heterocycles. The van der Waals surface area contributed by atoms with Crippen LogP contribution in [-0.2, 0) is 9.53 Å². The highest BCUT2D eigenvalue weighted by Gasteiger charge is 2.39. The minimum atomic E-state index is -0.261. The van der Waals surface area contributed by atoms with Crippen LogP contribution in [0.5, 0.6) is 0 Å². The lowest BCUT2D eigenvalue weighted by Gasteiger charge is -2.40. The van der Waals surface area contributed by atoms with Crippen molar-refractivity contribution in [1.29, 1.82) is 0 Å². The predicted octanol–water partition coefficient (Wildman–Crippen LogP) is 1.89. The van der Waals surface area contributed by atoms with Crippen LogP contribution in [-0.4, -0.2) is 25.0 Å². The Morgan fingerprint density at radius 2 is 2.27 bits per heavy atom. The molecule has 0 aromatic rings. The number of ether oxygens (including phenoxy) is 1. The molecule has 0 amide bonds. The van der Waals surface area contributed by atoms with E-state index in [4.69, 9.17) is 10.5 Å². The smallest absolute Gasteiger partial charge is 0.134 e. The van der Waals surface area contributed by atoms with Crippen molar-refractivity contribution in [3.05, 3.63) is 0 Å². The second kappa shape index (κ2) is 5.61. The van der Waals surface area contributed by atoms with E-state index in [2.05, 4.69) is 0 Å². The van der Waals surface area contributed by atoms with Gasteiger partial charge in [-0.25, -0.2) is 0 Å². The van der Waals surface area contributed by atoms with Crippen molar-refractivity contribution in [2.75, 3.05) is 13.7 Å². The predicted molar refractivity (Wildman–Crippen MR) is 60.7 cm³/mol. The summed E-state index contributed by atoms with van der Waals surface area (Å²) in [4.78, 5) is 11.5. The first-order valence-corrected chi connectivity index (χ1v) is 5.88. The molecule has 2 atom stereocenters. The number of ketones is 1. The second-order valence-electron chi connectivity index (χ2n) is 4.74. The average molecular weight is 213 g/mol. The molecule has 1 aliphatic rings. The van der Waals surface area contributed by atoms with Crippen molar-refractivity contribution < 1.29 is 9.53 Å². The van der Waals surface area contributed by atoms with Gasteiger partial charge < -0.3 is 10.5 Å². The lowest BCUT2D eigenvalue weighted by atomic mass is 9.69. The first-order chi connectivity index (χ1) is 7.10. The monoisotopic (exact) mass is 213 g/mol. The molecule has 1 rings (SSSR count).